The first kappa shape index (κ1) is 15.0. The van der Waals surface area contributed by atoms with Crippen LogP contribution in [-0.2, 0) is 9.59 Å². The van der Waals surface area contributed by atoms with Crippen LogP contribution in [0.2, 0.25) is 0 Å². The van der Waals surface area contributed by atoms with Gasteiger partial charge in [0.2, 0.25) is 11.8 Å². The van der Waals surface area contributed by atoms with E-state index in [0.717, 1.165) is 25.9 Å². The molecule has 1 fully saturated rings. The predicted molar refractivity (Wildman–Crippen MR) is 70.9 cm³/mol. The quantitative estimate of drug-likeness (QED) is 0.767. The largest absolute Gasteiger partial charge is 0.368 e. The summed E-state index contributed by atoms with van der Waals surface area (Å²) < 4.78 is 0. The fourth-order valence-electron chi connectivity index (χ4n) is 2.26. The van der Waals surface area contributed by atoms with Crippen LogP contribution in [0.15, 0.2) is 0 Å². The van der Waals surface area contributed by atoms with Crippen molar-refractivity contribution < 1.29 is 9.59 Å². The number of carbonyl (C=O) groups excluding carboxylic acids is 2. The van der Waals surface area contributed by atoms with Gasteiger partial charge in [-0.3, -0.25) is 9.59 Å². The normalized spacial score (nSPS) is 17.5. The highest BCUT2D eigenvalue weighted by molar-refractivity contribution is 5.84. The fraction of sp³-hybridized carbons (Fsp3) is 0.846. The van der Waals surface area contributed by atoms with Gasteiger partial charge in [-0.25, -0.2) is 0 Å². The van der Waals surface area contributed by atoms with Gasteiger partial charge in [0.25, 0.3) is 0 Å². The van der Waals surface area contributed by atoms with Crippen molar-refractivity contribution in [1.82, 2.24) is 10.2 Å². The molecule has 2 amide bonds. The monoisotopic (exact) mass is 255 g/mol. The molecule has 1 aliphatic heterocycles. The van der Waals surface area contributed by atoms with Crippen molar-refractivity contribution >= 4 is 11.8 Å². The summed E-state index contributed by atoms with van der Waals surface area (Å²) in [6, 6.07) is 0.147. The minimum absolute atomic E-state index is 0.0354. The Morgan fingerprint density at radius 2 is 1.83 bits per heavy atom. The van der Waals surface area contributed by atoms with Crippen LogP contribution < -0.4 is 11.1 Å². The van der Waals surface area contributed by atoms with Crippen molar-refractivity contribution in [2.75, 3.05) is 19.6 Å². The molecule has 1 aliphatic rings. The van der Waals surface area contributed by atoms with Gasteiger partial charge in [0.05, 0.1) is 6.54 Å². The highest BCUT2D eigenvalue weighted by Crippen LogP contribution is 2.22. The molecule has 0 aromatic heterocycles. The summed E-state index contributed by atoms with van der Waals surface area (Å²) in [6.07, 6.45) is 2.23. The molecule has 3 N–H and O–H groups in total. The van der Waals surface area contributed by atoms with Crippen LogP contribution >= 0.6 is 0 Å². The zero-order valence-corrected chi connectivity index (χ0v) is 11.7. The Kier molecular flexibility index (Phi) is 5.14. The van der Waals surface area contributed by atoms with Crippen LogP contribution in [0, 0.1) is 5.41 Å². The van der Waals surface area contributed by atoms with Crippen LogP contribution in [0.4, 0.5) is 0 Å². The maximum absolute atomic E-state index is 12.3. The summed E-state index contributed by atoms with van der Waals surface area (Å²) in [6.45, 7) is 7.90. The zero-order valence-electron chi connectivity index (χ0n) is 11.7. The third-order valence-corrected chi connectivity index (χ3v) is 3.08. The number of rotatable bonds is 4. The number of nitrogens with one attached hydrogen (secondary N) is 1. The van der Waals surface area contributed by atoms with E-state index in [1.807, 2.05) is 20.8 Å². The van der Waals surface area contributed by atoms with Crippen molar-refractivity contribution in [1.29, 1.82) is 0 Å². The molecule has 1 heterocycles. The second-order valence-corrected chi connectivity index (χ2v) is 6.21. The molecule has 0 unspecified atom stereocenters. The minimum Gasteiger partial charge on any atom is -0.368 e. The van der Waals surface area contributed by atoms with E-state index in [9.17, 15) is 9.59 Å². The number of carbonyl (C=O) groups is 2. The SMILES string of the molecule is CC(C)(C)CC(=O)N(CC(N)=O)C1CCNCC1. The fourth-order valence-corrected chi connectivity index (χ4v) is 2.26. The van der Waals surface area contributed by atoms with Gasteiger partial charge in [-0.2, -0.15) is 0 Å². The molecule has 0 aromatic rings. The molecule has 0 aromatic carbocycles. The molecule has 0 saturated carbocycles. The van der Waals surface area contributed by atoms with E-state index >= 15 is 0 Å². The summed E-state index contributed by atoms with van der Waals surface area (Å²) in [5, 5.41) is 3.26. The first-order valence-electron chi connectivity index (χ1n) is 6.58. The van der Waals surface area contributed by atoms with Gasteiger partial charge >= 0.3 is 0 Å². The van der Waals surface area contributed by atoms with E-state index in [4.69, 9.17) is 5.73 Å². The smallest absolute Gasteiger partial charge is 0.237 e. The number of amides is 2. The van der Waals surface area contributed by atoms with E-state index in [1.54, 1.807) is 4.90 Å². The van der Waals surface area contributed by atoms with Crippen molar-refractivity contribution in [3.63, 3.8) is 0 Å². The molecular weight excluding hydrogens is 230 g/mol. The van der Waals surface area contributed by atoms with Crippen LogP contribution in [0.1, 0.15) is 40.0 Å². The Balaban J connectivity index is 2.70. The lowest BCUT2D eigenvalue weighted by molar-refractivity contribution is -0.139. The Morgan fingerprint density at radius 3 is 2.28 bits per heavy atom. The van der Waals surface area contributed by atoms with Gasteiger partial charge in [-0.15, -0.1) is 0 Å². The average Bonchev–Trinajstić information content (AvgIpc) is 2.24. The van der Waals surface area contributed by atoms with Crippen LogP contribution in [-0.4, -0.2) is 42.4 Å². The van der Waals surface area contributed by atoms with E-state index in [2.05, 4.69) is 5.32 Å². The van der Waals surface area contributed by atoms with Gasteiger partial charge in [-0.05, 0) is 31.3 Å². The third-order valence-electron chi connectivity index (χ3n) is 3.08. The van der Waals surface area contributed by atoms with Crippen LogP contribution in [0.5, 0.6) is 0 Å². The maximum atomic E-state index is 12.3. The number of piperidine rings is 1. The Bertz CT molecular complexity index is 304. The lowest BCUT2D eigenvalue weighted by atomic mass is 9.91. The van der Waals surface area contributed by atoms with Crippen molar-refractivity contribution in [2.45, 2.75) is 46.1 Å². The molecule has 1 saturated heterocycles. The molecule has 0 aliphatic carbocycles. The first-order valence-corrected chi connectivity index (χ1v) is 6.58. The predicted octanol–water partition coefficient (Wildman–Crippen LogP) is 0.489. The highest BCUT2D eigenvalue weighted by atomic mass is 16.2. The number of nitrogens with two attached hydrogens (primary N) is 1. The molecule has 18 heavy (non-hydrogen) atoms. The van der Waals surface area contributed by atoms with Gasteiger partial charge in [0.15, 0.2) is 0 Å². The van der Waals surface area contributed by atoms with Crippen molar-refractivity contribution in [3.8, 4) is 0 Å². The molecule has 5 heteroatoms. The molecule has 1 rings (SSSR count). The van der Waals surface area contributed by atoms with Gasteiger partial charge in [0, 0.05) is 12.5 Å². The average molecular weight is 255 g/mol. The summed E-state index contributed by atoms with van der Waals surface area (Å²) in [4.78, 5) is 25.1. The number of primary amides is 1. The standard InChI is InChI=1S/C13H25N3O2/c1-13(2,3)8-12(18)16(9-11(14)17)10-4-6-15-7-5-10/h10,15H,4-9H2,1-3H3,(H2,14,17). The zero-order chi connectivity index (χ0) is 13.8. The lowest BCUT2D eigenvalue weighted by Gasteiger charge is -2.35. The van der Waals surface area contributed by atoms with E-state index in [1.165, 1.54) is 0 Å². The maximum Gasteiger partial charge on any atom is 0.237 e. The first-order chi connectivity index (χ1) is 8.29. The summed E-state index contributed by atoms with van der Waals surface area (Å²) in [5.41, 5.74) is 5.18. The molecule has 104 valence electrons. The molecule has 5 nitrogen and oxygen atoms in total. The minimum atomic E-state index is -0.434. The second kappa shape index (κ2) is 6.18. The molecule has 0 radical (unpaired) electrons. The lowest BCUT2D eigenvalue weighted by Crippen LogP contribution is -2.50. The topological polar surface area (TPSA) is 75.4 Å². The number of hydrogen-bond donors (Lipinski definition) is 2. The van der Waals surface area contributed by atoms with Gasteiger partial charge in [0.1, 0.15) is 0 Å². The summed E-state index contributed by atoms with van der Waals surface area (Å²) in [7, 11) is 0. The summed E-state index contributed by atoms with van der Waals surface area (Å²) >= 11 is 0. The third kappa shape index (κ3) is 5.04. The van der Waals surface area contributed by atoms with Crippen LogP contribution in [0.25, 0.3) is 0 Å². The Labute approximate surface area is 109 Å². The number of hydrogen-bond acceptors (Lipinski definition) is 3. The molecule has 0 bridgehead atoms. The van der Waals surface area contributed by atoms with E-state index in [-0.39, 0.29) is 23.9 Å². The van der Waals surface area contributed by atoms with Gasteiger partial charge in [-0.1, -0.05) is 20.8 Å². The second-order valence-electron chi connectivity index (χ2n) is 6.21. The highest BCUT2D eigenvalue weighted by Gasteiger charge is 2.28. The van der Waals surface area contributed by atoms with E-state index in [0.29, 0.717) is 6.42 Å². The molecular formula is C13H25N3O2. The Morgan fingerprint density at radius 1 is 1.28 bits per heavy atom. The van der Waals surface area contributed by atoms with Crippen LogP contribution in [0.3, 0.4) is 0 Å². The Hall–Kier alpha value is -1.10. The summed E-state index contributed by atoms with van der Waals surface area (Å²) in [5.74, 6) is -0.399. The van der Waals surface area contributed by atoms with Gasteiger partial charge < -0.3 is 16.0 Å². The molecule has 0 spiro atoms. The number of nitrogens with zero attached hydrogens (tertiary/aromatic N) is 1. The van der Waals surface area contributed by atoms with Crippen molar-refractivity contribution in [3.05, 3.63) is 0 Å². The molecule has 0 atom stereocenters. The van der Waals surface area contributed by atoms with E-state index < -0.39 is 5.91 Å². The van der Waals surface area contributed by atoms with Crippen molar-refractivity contribution in [2.24, 2.45) is 11.1 Å².